The van der Waals surface area contributed by atoms with E-state index in [0.717, 1.165) is 5.56 Å². The number of ether oxygens (including phenoxy) is 1. The molecule has 0 atom stereocenters. The number of benzene rings is 1. The van der Waals surface area contributed by atoms with Crippen LogP contribution in [0.4, 0.5) is 0 Å². The number of carbonyl (C=O) groups is 1. The van der Waals surface area contributed by atoms with Crippen molar-refractivity contribution in [1.82, 2.24) is 4.98 Å². The summed E-state index contributed by atoms with van der Waals surface area (Å²) in [4.78, 5) is 15.8. The summed E-state index contributed by atoms with van der Waals surface area (Å²) >= 11 is 11.6. The van der Waals surface area contributed by atoms with E-state index in [9.17, 15) is 4.79 Å². The molecule has 19 heavy (non-hydrogen) atoms. The summed E-state index contributed by atoms with van der Waals surface area (Å²) in [5.41, 5.74) is 1.94. The number of hydrogen-bond acceptors (Lipinski definition) is 3. The fraction of sp³-hybridized carbons (Fsp3) is 0.143. The molecule has 5 heteroatoms. The van der Waals surface area contributed by atoms with Crippen molar-refractivity contribution in [1.29, 1.82) is 0 Å². The fourth-order valence-corrected chi connectivity index (χ4v) is 1.94. The Hall–Kier alpha value is -1.58. The summed E-state index contributed by atoms with van der Waals surface area (Å²) < 4.78 is 5.20. The molecule has 3 nitrogen and oxygen atoms in total. The minimum absolute atomic E-state index is 0.189. The van der Waals surface area contributed by atoms with E-state index in [1.54, 1.807) is 37.3 Å². The Balaban J connectivity index is 2.03. The molecule has 0 amide bonds. The van der Waals surface area contributed by atoms with Gasteiger partial charge >= 0.3 is 5.97 Å². The van der Waals surface area contributed by atoms with Gasteiger partial charge in [-0.3, -0.25) is 0 Å². The van der Waals surface area contributed by atoms with Crippen molar-refractivity contribution in [3.8, 4) is 0 Å². The van der Waals surface area contributed by atoms with Gasteiger partial charge in [0, 0.05) is 10.7 Å². The zero-order valence-electron chi connectivity index (χ0n) is 10.2. The molecule has 0 aliphatic carbocycles. The molecule has 2 aromatic rings. The van der Waals surface area contributed by atoms with E-state index in [4.69, 9.17) is 27.9 Å². The van der Waals surface area contributed by atoms with Crippen LogP contribution >= 0.6 is 23.2 Å². The number of pyridine rings is 1. The molecule has 0 aliphatic heterocycles. The minimum atomic E-state index is -0.428. The first-order chi connectivity index (χ1) is 9.04. The Bertz CT molecular complexity index is 577. The van der Waals surface area contributed by atoms with E-state index >= 15 is 0 Å². The number of hydrogen-bond donors (Lipinski definition) is 0. The molecule has 1 aromatic carbocycles. The maximum Gasteiger partial charge on any atom is 0.338 e. The van der Waals surface area contributed by atoms with E-state index in [1.807, 2.05) is 0 Å². The van der Waals surface area contributed by atoms with Crippen LogP contribution in [-0.4, -0.2) is 11.0 Å². The molecule has 0 N–H and O–H groups in total. The van der Waals surface area contributed by atoms with Gasteiger partial charge in [0.05, 0.1) is 5.56 Å². The van der Waals surface area contributed by atoms with Crippen LogP contribution in [0.25, 0.3) is 0 Å². The lowest BCUT2D eigenvalue weighted by Gasteiger charge is -2.06. The van der Waals surface area contributed by atoms with Crippen LogP contribution < -0.4 is 0 Å². The highest BCUT2D eigenvalue weighted by Crippen LogP contribution is 2.14. The van der Waals surface area contributed by atoms with Crippen LogP contribution in [0.5, 0.6) is 0 Å². The largest absolute Gasteiger partial charge is 0.457 e. The van der Waals surface area contributed by atoms with Gasteiger partial charge in [0.2, 0.25) is 0 Å². The Labute approximate surface area is 121 Å². The number of rotatable bonds is 3. The smallest absolute Gasteiger partial charge is 0.338 e. The zero-order chi connectivity index (χ0) is 13.8. The summed E-state index contributed by atoms with van der Waals surface area (Å²) in [6.45, 7) is 1.96. The Morgan fingerprint density at radius 2 is 1.89 bits per heavy atom. The molecule has 0 radical (unpaired) electrons. The van der Waals surface area contributed by atoms with E-state index in [2.05, 4.69) is 4.98 Å². The minimum Gasteiger partial charge on any atom is -0.457 e. The van der Waals surface area contributed by atoms with Crippen LogP contribution in [0.1, 0.15) is 21.6 Å². The first-order valence-electron chi connectivity index (χ1n) is 5.60. The van der Waals surface area contributed by atoms with E-state index < -0.39 is 5.97 Å². The number of aryl methyl sites for hydroxylation is 1. The van der Waals surface area contributed by atoms with E-state index in [-0.39, 0.29) is 11.8 Å². The van der Waals surface area contributed by atoms with Gasteiger partial charge in [-0.1, -0.05) is 35.3 Å². The van der Waals surface area contributed by atoms with Crippen LogP contribution in [-0.2, 0) is 11.3 Å². The lowest BCUT2D eigenvalue weighted by Crippen LogP contribution is -2.06. The van der Waals surface area contributed by atoms with Gasteiger partial charge in [-0.15, -0.1) is 0 Å². The summed E-state index contributed by atoms with van der Waals surface area (Å²) in [7, 11) is 0. The predicted octanol–water partition coefficient (Wildman–Crippen LogP) is 4.05. The lowest BCUT2D eigenvalue weighted by molar-refractivity contribution is 0.0472. The molecule has 1 heterocycles. The SMILES string of the molecule is Cc1cc(C(=O)OCc2ccc(Cl)cc2)cc(Cl)n1. The quantitative estimate of drug-likeness (QED) is 0.633. The number of esters is 1. The highest BCUT2D eigenvalue weighted by molar-refractivity contribution is 6.30. The number of halogens is 2. The van der Waals surface area contributed by atoms with Crippen molar-refractivity contribution < 1.29 is 9.53 Å². The van der Waals surface area contributed by atoms with Crippen molar-refractivity contribution in [3.63, 3.8) is 0 Å². The van der Waals surface area contributed by atoms with E-state index in [1.165, 1.54) is 6.07 Å². The topological polar surface area (TPSA) is 39.2 Å². The average Bonchev–Trinajstić information content (AvgIpc) is 2.36. The third-order valence-electron chi connectivity index (χ3n) is 2.44. The second-order valence-electron chi connectivity index (χ2n) is 4.02. The molecular formula is C14H11Cl2NO2. The molecule has 0 spiro atoms. The zero-order valence-corrected chi connectivity index (χ0v) is 11.7. The second kappa shape index (κ2) is 6.04. The number of aromatic nitrogens is 1. The maximum atomic E-state index is 11.9. The van der Waals surface area contributed by atoms with Crippen LogP contribution in [0.15, 0.2) is 36.4 Å². The lowest BCUT2D eigenvalue weighted by atomic mass is 10.2. The van der Waals surface area contributed by atoms with E-state index in [0.29, 0.717) is 16.3 Å². The van der Waals surface area contributed by atoms with Crippen LogP contribution in [0.3, 0.4) is 0 Å². The van der Waals surface area contributed by atoms with Gasteiger partial charge in [0.15, 0.2) is 0 Å². The molecular weight excluding hydrogens is 285 g/mol. The molecule has 98 valence electrons. The highest BCUT2D eigenvalue weighted by Gasteiger charge is 2.09. The molecule has 0 aliphatic rings. The Kier molecular flexibility index (Phi) is 4.40. The normalized spacial score (nSPS) is 10.3. The monoisotopic (exact) mass is 295 g/mol. The van der Waals surface area contributed by atoms with Gasteiger partial charge in [-0.25, -0.2) is 9.78 Å². The molecule has 0 unspecified atom stereocenters. The molecule has 0 fully saturated rings. The molecule has 1 aromatic heterocycles. The maximum absolute atomic E-state index is 11.9. The first kappa shape index (κ1) is 13.8. The standard InChI is InChI=1S/C14H11Cl2NO2/c1-9-6-11(7-13(16)17-9)14(18)19-8-10-2-4-12(15)5-3-10/h2-7H,8H2,1H3. The van der Waals surface area contributed by atoms with Crippen molar-refractivity contribution in [2.24, 2.45) is 0 Å². The summed E-state index contributed by atoms with van der Waals surface area (Å²) in [5.74, 6) is -0.428. The predicted molar refractivity (Wildman–Crippen MR) is 74.6 cm³/mol. The van der Waals surface area contributed by atoms with Gasteiger partial charge < -0.3 is 4.74 Å². The highest BCUT2D eigenvalue weighted by atomic mass is 35.5. The van der Waals surface area contributed by atoms with Gasteiger partial charge in [-0.05, 0) is 36.8 Å². The third-order valence-corrected chi connectivity index (χ3v) is 2.89. The fourth-order valence-electron chi connectivity index (χ4n) is 1.56. The van der Waals surface area contributed by atoms with Crippen molar-refractivity contribution in [2.75, 3.05) is 0 Å². The molecule has 0 saturated carbocycles. The summed E-state index contributed by atoms with van der Waals surface area (Å²) in [5, 5.41) is 0.921. The molecule has 0 saturated heterocycles. The van der Waals surface area contributed by atoms with Crippen LogP contribution in [0.2, 0.25) is 10.2 Å². The third kappa shape index (κ3) is 3.94. The Morgan fingerprint density at radius 1 is 1.21 bits per heavy atom. The van der Waals surface area contributed by atoms with Crippen molar-refractivity contribution in [3.05, 3.63) is 63.4 Å². The summed E-state index contributed by atoms with van der Waals surface area (Å²) in [6, 6.07) is 10.2. The Morgan fingerprint density at radius 3 is 2.53 bits per heavy atom. The molecule has 2 rings (SSSR count). The second-order valence-corrected chi connectivity index (χ2v) is 4.85. The number of carbonyl (C=O) groups excluding carboxylic acids is 1. The van der Waals surface area contributed by atoms with Crippen molar-refractivity contribution >= 4 is 29.2 Å². The van der Waals surface area contributed by atoms with Gasteiger partial charge in [0.1, 0.15) is 11.8 Å². The number of nitrogens with zero attached hydrogens (tertiary/aromatic N) is 1. The average molecular weight is 296 g/mol. The first-order valence-corrected chi connectivity index (χ1v) is 6.36. The van der Waals surface area contributed by atoms with Gasteiger partial charge in [0.25, 0.3) is 0 Å². The van der Waals surface area contributed by atoms with Gasteiger partial charge in [-0.2, -0.15) is 0 Å². The van der Waals surface area contributed by atoms with Crippen molar-refractivity contribution in [2.45, 2.75) is 13.5 Å². The van der Waals surface area contributed by atoms with Crippen LogP contribution in [0, 0.1) is 6.92 Å². The summed E-state index contributed by atoms with van der Waals surface area (Å²) in [6.07, 6.45) is 0. The molecule has 0 bridgehead atoms.